The molecule has 0 heterocycles. The quantitative estimate of drug-likeness (QED) is 0.112. The van der Waals surface area contributed by atoms with Crippen LogP contribution in [0.3, 0.4) is 0 Å². The zero-order valence-electron chi connectivity index (χ0n) is 33.2. The summed E-state index contributed by atoms with van der Waals surface area (Å²) in [5.41, 5.74) is 11.6. The van der Waals surface area contributed by atoms with Crippen LogP contribution in [-0.4, -0.2) is 0 Å². The maximum atomic E-state index is 2.50. The van der Waals surface area contributed by atoms with Crippen LogP contribution in [0.5, 0.6) is 0 Å². The lowest BCUT2D eigenvalue weighted by molar-refractivity contribution is 0.999. The van der Waals surface area contributed by atoms with Gasteiger partial charge in [-0.2, -0.15) is 0 Å². The Bertz CT molecular complexity index is 3220. The molecule has 0 unspecified atom stereocenters. The number of benzene rings is 10. The Kier molecular flexibility index (Phi) is 9.02. The molecule has 2 nitrogen and oxygen atoms in total. The summed E-state index contributed by atoms with van der Waals surface area (Å²) in [6.45, 7) is 0. The van der Waals surface area contributed by atoms with Gasteiger partial charge in [0, 0.05) is 44.3 Å². The van der Waals surface area contributed by atoms with Gasteiger partial charge in [-0.1, -0.05) is 164 Å². The second kappa shape index (κ2) is 15.2. The van der Waals surface area contributed by atoms with Gasteiger partial charge >= 0.3 is 0 Å². The zero-order valence-corrected chi connectivity index (χ0v) is 33.2. The Labute approximate surface area is 351 Å². The number of anilines is 5. The fraction of sp³-hybridized carbons (Fsp3) is 0.0345. The van der Waals surface area contributed by atoms with E-state index in [1.807, 2.05) is 0 Å². The molecule has 0 aromatic heterocycles. The molecule has 1 aliphatic carbocycles. The van der Waals surface area contributed by atoms with Crippen LogP contribution in [0, 0.1) is 0 Å². The Balaban J connectivity index is 1.29. The molecule has 0 saturated carbocycles. The highest BCUT2D eigenvalue weighted by Crippen LogP contribution is 2.52. The van der Waals surface area contributed by atoms with Gasteiger partial charge in [-0.3, -0.25) is 0 Å². The van der Waals surface area contributed by atoms with Gasteiger partial charge in [-0.15, -0.1) is 0 Å². The molecule has 0 atom stereocenters. The van der Waals surface area contributed by atoms with Crippen molar-refractivity contribution in [1.29, 1.82) is 0 Å². The summed E-state index contributed by atoms with van der Waals surface area (Å²) >= 11 is 0. The average Bonchev–Trinajstić information content (AvgIpc) is 3.33. The zero-order chi connectivity index (χ0) is 39.8. The first-order valence-electron chi connectivity index (χ1n) is 20.9. The highest BCUT2D eigenvalue weighted by molar-refractivity contribution is 6.24. The van der Waals surface area contributed by atoms with Gasteiger partial charge in [0.2, 0.25) is 0 Å². The largest absolute Gasteiger partial charge is 0.310 e. The first-order chi connectivity index (χ1) is 29.8. The van der Waals surface area contributed by atoms with Gasteiger partial charge in [-0.05, 0) is 123 Å². The van der Waals surface area contributed by atoms with Crippen LogP contribution in [0.1, 0.15) is 12.8 Å². The Morgan fingerprint density at radius 1 is 0.300 bits per heavy atom. The van der Waals surface area contributed by atoms with Gasteiger partial charge in [0.05, 0.1) is 11.4 Å². The normalized spacial score (nSPS) is 12.6. The average molecular weight is 767 g/mol. The van der Waals surface area contributed by atoms with Crippen LogP contribution < -0.4 is 9.80 Å². The lowest BCUT2D eigenvalue weighted by Gasteiger charge is -2.34. The van der Waals surface area contributed by atoms with E-state index in [0.717, 1.165) is 35.6 Å². The van der Waals surface area contributed by atoms with Crippen LogP contribution in [0.25, 0.3) is 65.3 Å². The molecule has 0 amide bonds. The van der Waals surface area contributed by atoms with Gasteiger partial charge in [-0.25, -0.2) is 0 Å². The van der Waals surface area contributed by atoms with E-state index < -0.39 is 0 Å². The maximum absolute atomic E-state index is 2.50. The number of rotatable bonds is 8. The molecule has 10 aromatic carbocycles. The van der Waals surface area contributed by atoms with E-state index in [-0.39, 0.29) is 0 Å². The van der Waals surface area contributed by atoms with Crippen molar-refractivity contribution in [3.8, 4) is 22.3 Å². The van der Waals surface area contributed by atoms with Gasteiger partial charge in [0.25, 0.3) is 0 Å². The number of para-hydroxylation sites is 3. The second-order valence-electron chi connectivity index (χ2n) is 15.6. The molecule has 1 aliphatic rings. The molecule has 60 heavy (non-hydrogen) atoms. The summed E-state index contributed by atoms with van der Waals surface area (Å²) in [7, 11) is 0. The number of fused-ring (bicyclic) bond motifs is 4. The molecular formula is C58H42N2. The molecule has 0 saturated heterocycles. The first kappa shape index (κ1) is 35.5. The number of nitrogens with zero attached hydrogens (tertiary/aromatic N) is 2. The van der Waals surface area contributed by atoms with E-state index in [9.17, 15) is 0 Å². The number of hydrogen-bond donors (Lipinski definition) is 0. The SMILES string of the molecule is C1=CC(N(c2ccccc2)c2c3cc(-c4ccc5ccccc5c4)ccc3c(N(c3ccccc3)c3ccccc3)c3cc(-c4ccc5ccccc5c4)ccc23)=CCC1. The van der Waals surface area contributed by atoms with E-state index in [0.29, 0.717) is 0 Å². The molecule has 2 heteroatoms. The Morgan fingerprint density at radius 2 is 0.700 bits per heavy atom. The lowest BCUT2D eigenvalue weighted by atomic mass is 9.90. The summed E-state index contributed by atoms with van der Waals surface area (Å²) in [5, 5.41) is 9.66. The molecule has 0 N–H and O–H groups in total. The lowest BCUT2D eigenvalue weighted by Crippen LogP contribution is -2.18. The molecule has 0 bridgehead atoms. The molecule has 0 fully saturated rings. The third-order valence-electron chi connectivity index (χ3n) is 11.9. The summed E-state index contributed by atoms with van der Waals surface area (Å²) in [4.78, 5) is 4.96. The summed E-state index contributed by atoms with van der Waals surface area (Å²) in [5.74, 6) is 0. The fourth-order valence-corrected chi connectivity index (χ4v) is 9.07. The maximum Gasteiger partial charge on any atom is 0.0620 e. The van der Waals surface area contributed by atoms with E-state index in [4.69, 9.17) is 0 Å². The number of allylic oxidation sites excluding steroid dienone is 3. The summed E-state index contributed by atoms with van der Waals surface area (Å²) < 4.78 is 0. The van der Waals surface area contributed by atoms with Gasteiger partial charge in [0.1, 0.15) is 0 Å². The second-order valence-corrected chi connectivity index (χ2v) is 15.6. The predicted octanol–water partition coefficient (Wildman–Crippen LogP) is 16.5. The molecule has 284 valence electrons. The highest BCUT2D eigenvalue weighted by atomic mass is 15.2. The van der Waals surface area contributed by atoms with Crippen molar-refractivity contribution >= 4 is 71.5 Å². The standard InChI is InChI=1S/C58H42N2/c1-5-21-49(22-6-1)59(50-23-7-2-8-24-50)57-53-35-33-48(46-32-30-42-18-14-16-20-44(42)38-46)40-56(53)58(60(51-25-9-3-10-26-51)52-27-11-4-12-28-52)54-36-34-47(39-55(54)57)45-31-29-41-17-13-15-19-43(41)37-45/h1-3,5-11,13-40H,4,12H2. The van der Waals surface area contributed by atoms with Crippen molar-refractivity contribution in [2.75, 3.05) is 9.80 Å². The monoisotopic (exact) mass is 766 g/mol. The number of hydrogen-bond acceptors (Lipinski definition) is 2. The molecule has 11 rings (SSSR count). The molecule has 10 aromatic rings. The smallest absolute Gasteiger partial charge is 0.0620 e. The van der Waals surface area contributed by atoms with Crippen molar-refractivity contribution in [1.82, 2.24) is 0 Å². The van der Waals surface area contributed by atoms with Gasteiger partial charge < -0.3 is 9.80 Å². The minimum atomic E-state index is 0.993. The van der Waals surface area contributed by atoms with Crippen LogP contribution in [-0.2, 0) is 0 Å². The van der Waals surface area contributed by atoms with Crippen LogP contribution in [0.4, 0.5) is 28.4 Å². The molecule has 0 aliphatic heterocycles. The third kappa shape index (κ3) is 6.40. The van der Waals surface area contributed by atoms with Crippen molar-refractivity contribution in [2.45, 2.75) is 12.8 Å². The fourth-order valence-electron chi connectivity index (χ4n) is 9.07. The summed E-state index contributed by atoms with van der Waals surface area (Å²) in [6.07, 6.45) is 9.05. The van der Waals surface area contributed by atoms with E-state index in [1.165, 1.54) is 76.7 Å². The highest BCUT2D eigenvalue weighted by Gasteiger charge is 2.27. The topological polar surface area (TPSA) is 6.48 Å². The minimum Gasteiger partial charge on any atom is -0.310 e. The predicted molar refractivity (Wildman–Crippen MR) is 257 cm³/mol. The van der Waals surface area contributed by atoms with Gasteiger partial charge in [0.15, 0.2) is 0 Å². The van der Waals surface area contributed by atoms with Crippen LogP contribution in [0.2, 0.25) is 0 Å². The van der Waals surface area contributed by atoms with Crippen molar-refractivity contribution in [2.24, 2.45) is 0 Å². The van der Waals surface area contributed by atoms with Crippen molar-refractivity contribution in [3.63, 3.8) is 0 Å². The minimum absolute atomic E-state index is 0.993. The van der Waals surface area contributed by atoms with Crippen molar-refractivity contribution < 1.29 is 0 Å². The van der Waals surface area contributed by atoms with E-state index in [1.54, 1.807) is 0 Å². The van der Waals surface area contributed by atoms with Crippen LogP contribution in [0.15, 0.2) is 236 Å². The first-order valence-corrected chi connectivity index (χ1v) is 20.9. The van der Waals surface area contributed by atoms with E-state index >= 15 is 0 Å². The summed E-state index contributed by atoms with van der Waals surface area (Å²) in [6, 6.07) is 77.8. The van der Waals surface area contributed by atoms with Crippen LogP contribution >= 0.6 is 0 Å². The van der Waals surface area contributed by atoms with Crippen molar-refractivity contribution in [3.05, 3.63) is 236 Å². The molecular weight excluding hydrogens is 725 g/mol. The Hall–Kier alpha value is -7.68. The molecule has 0 radical (unpaired) electrons. The molecule has 0 spiro atoms. The van der Waals surface area contributed by atoms with E-state index in [2.05, 4.69) is 240 Å². The third-order valence-corrected chi connectivity index (χ3v) is 11.9. The Morgan fingerprint density at radius 3 is 1.17 bits per heavy atom.